The summed E-state index contributed by atoms with van der Waals surface area (Å²) in [5, 5.41) is 0.653. The van der Waals surface area contributed by atoms with Gasteiger partial charge in [0.2, 0.25) is 0 Å². The molecule has 1 rings (SSSR count). The first-order valence-corrected chi connectivity index (χ1v) is 7.99. The minimum atomic E-state index is -4.15. The van der Waals surface area contributed by atoms with Gasteiger partial charge in [-0.1, -0.05) is 15.9 Å². The Kier molecular flexibility index (Phi) is 7.15. The van der Waals surface area contributed by atoms with E-state index in [4.69, 9.17) is 9.47 Å². The molecule has 0 aliphatic heterocycles. The molecule has 0 amide bonds. The summed E-state index contributed by atoms with van der Waals surface area (Å²) in [6, 6.07) is 3.65. The summed E-state index contributed by atoms with van der Waals surface area (Å²) in [6.07, 6.45) is -5.08. The van der Waals surface area contributed by atoms with Crippen molar-refractivity contribution in [3.8, 4) is 11.5 Å². The van der Waals surface area contributed by atoms with Crippen molar-refractivity contribution < 1.29 is 22.6 Å². The van der Waals surface area contributed by atoms with E-state index in [2.05, 4.69) is 31.9 Å². The first-order valence-electron chi connectivity index (χ1n) is 6.08. The van der Waals surface area contributed by atoms with Gasteiger partial charge in [0.15, 0.2) is 11.5 Å². The third-order valence-electron chi connectivity index (χ3n) is 2.37. The maximum absolute atomic E-state index is 12.1. The normalized spacial score (nSPS) is 11.5. The van der Waals surface area contributed by atoms with Crippen LogP contribution in [0.1, 0.15) is 25.3 Å². The summed E-state index contributed by atoms with van der Waals surface area (Å²) in [4.78, 5) is 0. The lowest BCUT2D eigenvalue weighted by molar-refractivity contribution is -0.136. The van der Waals surface area contributed by atoms with E-state index >= 15 is 0 Å². The smallest absolute Gasteiger partial charge is 0.389 e. The van der Waals surface area contributed by atoms with Crippen LogP contribution in [0.2, 0.25) is 0 Å². The highest BCUT2D eigenvalue weighted by atomic mass is 79.9. The predicted octanol–water partition coefficient (Wildman–Crippen LogP) is 5.46. The Hall–Kier alpha value is -0.430. The Balaban J connectivity index is 2.72. The third kappa shape index (κ3) is 5.91. The summed E-state index contributed by atoms with van der Waals surface area (Å²) in [6.45, 7) is 2.28. The van der Waals surface area contributed by atoms with E-state index in [-0.39, 0.29) is 13.0 Å². The Morgan fingerprint density at radius 3 is 2.45 bits per heavy atom. The van der Waals surface area contributed by atoms with E-state index < -0.39 is 12.6 Å². The molecule has 1 aromatic rings. The van der Waals surface area contributed by atoms with Crippen LogP contribution in [0.4, 0.5) is 13.2 Å². The maximum Gasteiger partial charge on any atom is 0.389 e. The minimum Gasteiger partial charge on any atom is -0.490 e. The van der Waals surface area contributed by atoms with Crippen LogP contribution in [-0.2, 0) is 5.33 Å². The van der Waals surface area contributed by atoms with Crippen LogP contribution in [0.25, 0.3) is 0 Å². The zero-order chi connectivity index (χ0) is 15.2. The van der Waals surface area contributed by atoms with Crippen LogP contribution in [0, 0.1) is 0 Å². The van der Waals surface area contributed by atoms with Crippen LogP contribution in [-0.4, -0.2) is 19.4 Å². The van der Waals surface area contributed by atoms with Gasteiger partial charge in [0.05, 0.1) is 17.7 Å². The van der Waals surface area contributed by atoms with E-state index in [0.29, 0.717) is 27.9 Å². The second-order valence-electron chi connectivity index (χ2n) is 4.04. The van der Waals surface area contributed by atoms with Crippen molar-refractivity contribution in [2.45, 2.75) is 31.3 Å². The molecule has 0 radical (unpaired) electrons. The van der Waals surface area contributed by atoms with Crippen LogP contribution in [0.5, 0.6) is 11.5 Å². The molecular weight excluding hydrogens is 405 g/mol. The summed E-state index contributed by atoms with van der Waals surface area (Å²) in [5.74, 6) is 0.974. The van der Waals surface area contributed by atoms with E-state index in [1.165, 1.54) is 0 Å². The summed E-state index contributed by atoms with van der Waals surface area (Å²) < 4.78 is 47.8. The topological polar surface area (TPSA) is 18.5 Å². The zero-order valence-corrected chi connectivity index (χ0v) is 14.1. The van der Waals surface area contributed by atoms with E-state index in [1.807, 2.05) is 19.1 Å². The number of rotatable bonds is 7. The average molecular weight is 420 g/mol. The molecule has 114 valence electrons. The molecule has 7 heteroatoms. The molecule has 0 unspecified atom stereocenters. The predicted molar refractivity (Wildman–Crippen MR) is 78.7 cm³/mol. The molecule has 0 saturated carbocycles. The number of benzene rings is 1. The van der Waals surface area contributed by atoms with Gasteiger partial charge in [-0.05, 0) is 47.0 Å². The second kappa shape index (κ2) is 8.12. The van der Waals surface area contributed by atoms with Crippen LogP contribution in [0.15, 0.2) is 16.6 Å². The lowest BCUT2D eigenvalue weighted by atomic mass is 10.2. The van der Waals surface area contributed by atoms with Crippen molar-refractivity contribution in [3.63, 3.8) is 0 Å². The van der Waals surface area contributed by atoms with Gasteiger partial charge >= 0.3 is 6.18 Å². The molecule has 0 saturated heterocycles. The van der Waals surface area contributed by atoms with Crippen molar-refractivity contribution in [2.75, 3.05) is 13.2 Å². The number of halogens is 5. The third-order valence-corrected chi connectivity index (χ3v) is 3.61. The molecule has 0 atom stereocenters. The summed E-state index contributed by atoms with van der Waals surface area (Å²) in [7, 11) is 0. The summed E-state index contributed by atoms with van der Waals surface area (Å²) in [5.41, 5.74) is 0.989. The maximum atomic E-state index is 12.1. The molecule has 0 N–H and O–H groups in total. The molecule has 0 aliphatic rings. The Morgan fingerprint density at radius 1 is 1.20 bits per heavy atom. The second-order valence-corrected chi connectivity index (χ2v) is 5.45. The Morgan fingerprint density at radius 2 is 1.90 bits per heavy atom. The Labute approximate surface area is 132 Å². The molecule has 0 fully saturated rings. The quantitative estimate of drug-likeness (QED) is 0.431. The average Bonchev–Trinajstić information content (AvgIpc) is 2.35. The first-order chi connectivity index (χ1) is 9.37. The fraction of sp³-hybridized carbons (Fsp3) is 0.538. The van der Waals surface area contributed by atoms with Gasteiger partial charge in [-0.25, -0.2) is 0 Å². The molecule has 0 bridgehead atoms. The van der Waals surface area contributed by atoms with Gasteiger partial charge in [0.1, 0.15) is 0 Å². The van der Waals surface area contributed by atoms with Crippen LogP contribution in [0.3, 0.4) is 0 Å². The van der Waals surface area contributed by atoms with Gasteiger partial charge in [-0.2, -0.15) is 13.2 Å². The highest BCUT2D eigenvalue weighted by Gasteiger charge is 2.26. The number of alkyl halides is 4. The summed E-state index contributed by atoms with van der Waals surface area (Å²) >= 11 is 6.70. The molecule has 0 aromatic heterocycles. The lowest BCUT2D eigenvalue weighted by Gasteiger charge is -2.15. The number of hydrogen-bond donors (Lipinski definition) is 0. The first kappa shape index (κ1) is 17.6. The largest absolute Gasteiger partial charge is 0.490 e. The van der Waals surface area contributed by atoms with Gasteiger partial charge in [-0.3, -0.25) is 0 Å². The van der Waals surface area contributed by atoms with Crippen LogP contribution >= 0.6 is 31.9 Å². The molecule has 0 heterocycles. The van der Waals surface area contributed by atoms with Gasteiger partial charge < -0.3 is 9.47 Å². The number of hydrogen-bond acceptors (Lipinski definition) is 2. The molecule has 0 spiro atoms. The fourth-order valence-corrected chi connectivity index (χ4v) is 2.48. The fourth-order valence-electron chi connectivity index (χ4n) is 1.55. The highest BCUT2D eigenvalue weighted by molar-refractivity contribution is 9.10. The van der Waals surface area contributed by atoms with Crippen LogP contribution < -0.4 is 9.47 Å². The van der Waals surface area contributed by atoms with Gasteiger partial charge in [0, 0.05) is 11.8 Å². The van der Waals surface area contributed by atoms with Crippen molar-refractivity contribution in [1.82, 2.24) is 0 Å². The highest BCUT2D eigenvalue weighted by Crippen LogP contribution is 2.37. The monoisotopic (exact) mass is 418 g/mol. The van der Waals surface area contributed by atoms with E-state index in [0.717, 1.165) is 5.56 Å². The van der Waals surface area contributed by atoms with Crippen molar-refractivity contribution in [2.24, 2.45) is 0 Å². The molecule has 0 aliphatic carbocycles. The standard InChI is InChI=1S/C13H15Br2F3O2/c1-2-19-11-7-9(8-14)6-10(15)12(11)20-5-3-4-13(16,17)18/h6-7H,2-5,8H2,1H3. The molecule has 1 aromatic carbocycles. The molecular formula is C13H15Br2F3O2. The Bertz CT molecular complexity index is 436. The van der Waals surface area contributed by atoms with Crippen molar-refractivity contribution >= 4 is 31.9 Å². The van der Waals surface area contributed by atoms with E-state index in [1.54, 1.807) is 0 Å². The molecule has 2 nitrogen and oxygen atoms in total. The SMILES string of the molecule is CCOc1cc(CBr)cc(Br)c1OCCCC(F)(F)F. The van der Waals surface area contributed by atoms with Gasteiger partial charge in [0.25, 0.3) is 0 Å². The molecule has 20 heavy (non-hydrogen) atoms. The van der Waals surface area contributed by atoms with Gasteiger partial charge in [-0.15, -0.1) is 0 Å². The minimum absolute atomic E-state index is 0.00809. The lowest BCUT2D eigenvalue weighted by Crippen LogP contribution is -2.10. The van der Waals surface area contributed by atoms with Crippen molar-refractivity contribution in [3.05, 3.63) is 22.2 Å². The van der Waals surface area contributed by atoms with E-state index in [9.17, 15) is 13.2 Å². The number of ether oxygens (including phenoxy) is 2. The van der Waals surface area contributed by atoms with Crippen molar-refractivity contribution in [1.29, 1.82) is 0 Å². The zero-order valence-electron chi connectivity index (χ0n) is 10.9.